The summed E-state index contributed by atoms with van der Waals surface area (Å²) in [7, 11) is 0. The maximum absolute atomic E-state index is 4.06. The zero-order valence-corrected chi connectivity index (χ0v) is 12.0. The molecule has 18 heavy (non-hydrogen) atoms. The average molecular weight is 305 g/mol. The first-order valence-electron chi connectivity index (χ1n) is 6.17. The molecule has 2 aromatic rings. The summed E-state index contributed by atoms with van der Waals surface area (Å²) < 4.78 is 1.12. The summed E-state index contributed by atoms with van der Waals surface area (Å²) >= 11 is 3.53. The van der Waals surface area contributed by atoms with Crippen LogP contribution >= 0.6 is 15.9 Å². The van der Waals surface area contributed by atoms with Crippen LogP contribution in [0.5, 0.6) is 0 Å². The van der Waals surface area contributed by atoms with E-state index in [1.807, 2.05) is 12.4 Å². The molecule has 0 aliphatic rings. The van der Waals surface area contributed by atoms with Crippen molar-refractivity contribution in [2.75, 3.05) is 6.54 Å². The molecule has 94 valence electrons. The maximum Gasteiger partial charge on any atom is 0.0361 e. The van der Waals surface area contributed by atoms with Crippen molar-refractivity contribution in [3.05, 3.63) is 64.4 Å². The molecule has 0 radical (unpaired) electrons. The van der Waals surface area contributed by atoms with E-state index in [9.17, 15) is 0 Å². The lowest BCUT2D eigenvalue weighted by Gasteiger charge is -2.18. The molecule has 3 heteroatoms. The van der Waals surface area contributed by atoms with Gasteiger partial charge in [0, 0.05) is 22.9 Å². The highest BCUT2D eigenvalue weighted by molar-refractivity contribution is 9.10. The minimum atomic E-state index is 0.342. The number of hydrogen-bond acceptors (Lipinski definition) is 2. The van der Waals surface area contributed by atoms with Crippen molar-refractivity contribution in [3.63, 3.8) is 0 Å². The quantitative estimate of drug-likeness (QED) is 0.910. The van der Waals surface area contributed by atoms with Crippen molar-refractivity contribution in [1.82, 2.24) is 10.3 Å². The smallest absolute Gasteiger partial charge is 0.0361 e. The summed E-state index contributed by atoms with van der Waals surface area (Å²) in [6.07, 6.45) is 4.67. The van der Waals surface area contributed by atoms with Gasteiger partial charge in [0.25, 0.3) is 0 Å². The standard InChI is InChI=1S/C15H17BrN2/c1-2-18-15(10-12-6-8-17-9-7-12)13-4-3-5-14(16)11-13/h3-9,11,15,18H,2,10H2,1H3. The molecule has 1 aromatic carbocycles. The largest absolute Gasteiger partial charge is 0.310 e. The molecular formula is C15H17BrN2. The van der Waals surface area contributed by atoms with Crippen LogP contribution in [0.4, 0.5) is 0 Å². The van der Waals surface area contributed by atoms with Gasteiger partial charge in [-0.05, 0) is 48.4 Å². The van der Waals surface area contributed by atoms with Gasteiger partial charge >= 0.3 is 0 Å². The average Bonchev–Trinajstić information content (AvgIpc) is 2.39. The van der Waals surface area contributed by atoms with E-state index in [1.54, 1.807) is 0 Å². The Morgan fingerprint density at radius 2 is 2.00 bits per heavy atom. The minimum Gasteiger partial charge on any atom is -0.310 e. The van der Waals surface area contributed by atoms with Crippen molar-refractivity contribution in [2.45, 2.75) is 19.4 Å². The first-order chi connectivity index (χ1) is 8.79. The summed E-state index contributed by atoms with van der Waals surface area (Å²) in [4.78, 5) is 4.06. The molecule has 0 saturated heterocycles. The number of nitrogens with zero attached hydrogens (tertiary/aromatic N) is 1. The van der Waals surface area contributed by atoms with E-state index in [0.717, 1.165) is 17.4 Å². The Morgan fingerprint density at radius 1 is 1.22 bits per heavy atom. The van der Waals surface area contributed by atoms with Crippen LogP contribution in [0.1, 0.15) is 24.1 Å². The SMILES string of the molecule is CCNC(Cc1ccncc1)c1cccc(Br)c1. The fourth-order valence-electron chi connectivity index (χ4n) is 2.03. The van der Waals surface area contributed by atoms with Crippen LogP contribution in [0, 0.1) is 0 Å². The third-order valence-electron chi connectivity index (χ3n) is 2.89. The number of halogens is 1. The molecule has 0 amide bonds. The highest BCUT2D eigenvalue weighted by atomic mass is 79.9. The number of nitrogens with one attached hydrogen (secondary N) is 1. The first-order valence-corrected chi connectivity index (χ1v) is 6.96. The number of benzene rings is 1. The molecule has 0 spiro atoms. The van der Waals surface area contributed by atoms with Gasteiger partial charge in [-0.15, -0.1) is 0 Å². The van der Waals surface area contributed by atoms with Gasteiger partial charge in [-0.2, -0.15) is 0 Å². The molecule has 2 nitrogen and oxygen atoms in total. The van der Waals surface area contributed by atoms with Gasteiger partial charge < -0.3 is 5.32 Å². The first kappa shape index (κ1) is 13.2. The number of pyridine rings is 1. The highest BCUT2D eigenvalue weighted by Gasteiger charge is 2.11. The predicted octanol–water partition coefficient (Wildman–Crippen LogP) is 3.74. The zero-order chi connectivity index (χ0) is 12.8. The molecule has 0 saturated carbocycles. The van der Waals surface area contributed by atoms with Crippen molar-refractivity contribution < 1.29 is 0 Å². The number of likely N-dealkylation sites (N-methyl/N-ethyl adjacent to an activating group) is 1. The lowest BCUT2D eigenvalue weighted by atomic mass is 9.99. The van der Waals surface area contributed by atoms with Crippen LogP contribution in [0.15, 0.2) is 53.3 Å². The van der Waals surface area contributed by atoms with Gasteiger partial charge in [0.2, 0.25) is 0 Å². The van der Waals surface area contributed by atoms with Crippen LogP contribution in [-0.4, -0.2) is 11.5 Å². The fourth-order valence-corrected chi connectivity index (χ4v) is 2.45. The summed E-state index contributed by atoms with van der Waals surface area (Å²) in [5.41, 5.74) is 2.61. The molecule has 0 fully saturated rings. The molecule has 1 unspecified atom stereocenters. The Kier molecular flexibility index (Phi) is 4.90. The van der Waals surface area contributed by atoms with Crippen LogP contribution in [0.3, 0.4) is 0 Å². The molecule has 2 rings (SSSR count). The second-order valence-corrected chi connectivity index (χ2v) is 5.14. The Balaban J connectivity index is 2.18. The van der Waals surface area contributed by atoms with Crippen molar-refractivity contribution in [1.29, 1.82) is 0 Å². The monoisotopic (exact) mass is 304 g/mol. The second kappa shape index (κ2) is 6.66. The van der Waals surface area contributed by atoms with Gasteiger partial charge in [-0.1, -0.05) is 35.0 Å². The molecule has 1 N–H and O–H groups in total. The van der Waals surface area contributed by atoms with E-state index < -0.39 is 0 Å². The fraction of sp³-hybridized carbons (Fsp3) is 0.267. The number of rotatable bonds is 5. The molecule has 1 atom stereocenters. The molecule has 1 heterocycles. The van der Waals surface area contributed by atoms with Gasteiger partial charge in [-0.3, -0.25) is 4.98 Å². The van der Waals surface area contributed by atoms with E-state index in [-0.39, 0.29) is 0 Å². The summed E-state index contributed by atoms with van der Waals surface area (Å²) in [6.45, 7) is 3.10. The normalized spacial score (nSPS) is 12.3. The van der Waals surface area contributed by atoms with Gasteiger partial charge in [0.1, 0.15) is 0 Å². The Hall–Kier alpha value is -1.19. The van der Waals surface area contributed by atoms with E-state index in [0.29, 0.717) is 6.04 Å². The molecule has 0 bridgehead atoms. The summed E-state index contributed by atoms with van der Waals surface area (Å²) in [5, 5.41) is 3.53. The van der Waals surface area contributed by atoms with Gasteiger partial charge in [-0.25, -0.2) is 0 Å². The van der Waals surface area contributed by atoms with Crippen LogP contribution < -0.4 is 5.32 Å². The minimum absolute atomic E-state index is 0.342. The van der Waals surface area contributed by atoms with E-state index in [4.69, 9.17) is 0 Å². The van der Waals surface area contributed by atoms with Crippen LogP contribution in [0.25, 0.3) is 0 Å². The Morgan fingerprint density at radius 3 is 2.67 bits per heavy atom. The maximum atomic E-state index is 4.06. The van der Waals surface area contributed by atoms with E-state index in [1.165, 1.54) is 11.1 Å². The van der Waals surface area contributed by atoms with Crippen molar-refractivity contribution in [2.24, 2.45) is 0 Å². The summed E-state index contributed by atoms with van der Waals surface area (Å²) in [6, 6.07) is 13.0. The third kappa shape index (κ3) is 3.65. The van der Waals surface area contributed by atoms with Crippen molar-refractivity contribution >= 4 is 15.9 Å². The molecule has 1 aromatic heterocycles. The van der Waals surface area contributed by atoms with Gasteiger partial charge in [0.15, 0.2) is 0 Å². The highest BCUT2D eigenvalue weighted by Crippen LogP contribution is 2.21. The Labute approximate surface area is 117 Å². The van der Waals surface area contributed by atoms with Crippen LogP contribution in [0.2, 0.25) is 0 Å². The molecule has 0 aliphatic heterocycles. The van der Waals surface area contributed by atoms with E-state index in [2.05, 4.69) is 69.6 Å². The Bertz CT molecular complexity index is 485. The van der Waals surface area contributed by atoms with Gasteiger partial charge in [0.05, 0.1) is 0 Å². The van der Waals surface area contributed by atoms with E-state index >= 15 is 0 Å². The lowest BCUT2D eigenvalue weighted by molar-refractivity contribution is 0.549. The molecular weight excluding hydrogens is 288 g/mol. The lowest BCUT2D eigenvalue weighted by Crippen LogP contribution is -2.22. The second-order valence-electron chi connectivity index (χ2n) is 4.22. The zero-order valence-electron chi connectivity index (χ0n) is 10.4. The number of hydrogen-bond donors (Lipinski definition) is 1. The summed E-state index contributed by atoms with van der Waals surface area (Å²) in [5.74, 6) is 0. The number of aromatic nitrogens is 1. The third-order valence-corrected chi connectivity index (χ3v) is 3.38. The predicted molar refractivity (Wildman–Crippen MR) is 78.5 cm³/mol. The topological polar surface area (TPSA) is 24.9 Å². The molecule has 0 aliphatic carbocycles. The van der Waals surface area contributed by atoms with Crippen molar-refractivity contribution in [3.8, 4) is 0 Å². The van der Waals surface area contributed by atoms with Crippen LogP contribution in [-0.2, 0) is 6.42 Å².